The number of nitrogens with zero attached hydrogens (tertiary/aromatic N) is 4. The fourth-order valence-electron chi connectivity index (χ4n) is 3.10. The van der Waals surface area contributed by atoms with Crippen LogP contribution in [0.25, 0.3) is 16.9 Å². The van der Waals surface area contributed by atoms with E-state index in [2.05, 4.69) is 53.3 Å². The molecule has 0 unspecified atom stereocenters. The third kappa shape index (κ3) is 5.46. The zero-order chi connectivity index (χ0) is 21.3. The summed E-state index contributed by atoms with van der Waals surface area (Å²) >= 11 is 8.53. The van der Waals surface area contributed by atoms with Crippen LogP contribution < -0.4 is 15.4 Å². The van der Waals surface area contributed by atoms with Crippen LogP contribution in [0.15, 0.2) is 30.6 Å². The Bertz CT molecular complexity index is 955. The van der Waals surface area contributed by atoms with Gasteiger partial charge in [0, 0.05) is 19.3 Å². The molecule has 4 rings (SSSR count). The van der Waals surface area contributed by atoms with Crippen molar-refractivity contribution in [3.8, 4) is 17.3 Å². The molecule has 3 aromatic heterocycles. The number of ether oxygens (including phenoxy) is 1. The summed E-state index contributed by atoms with van der Waals surface area (Å²) in [7, 11) is 0. The van der Waals surface area contributed by atoms with Crippen molar-refractivity contribution < 1.29 is 18.1 Å². The number of nitrogens with one attached hydrogen (secondary N) is 2. The first-order valence-corrected chi connectivity index (χ1v) is 9.91. The van der Waals surface area contributed by atoms with Crippen LogP contribution in [0, 0.1) is 5.82 Å². The van der Waals surface area contributed by atoms with Crippen molar-refractivity contribution in [2.75, 3.05) is 31.6 Å². The van der Waals surface area contributed by atoms with Gasteiger partial charge in [0.25, 0.3) is 5.88 Å². The summed E-state index contributed by atoms with van der Waals surface area (Å²) in [5.74, 6) is -0.432. The summed E-state index contributed by atoms with van der Waals surface area (Å²) in [5.41, 5.74) is 1.48. The molecule has 3 N–H and O–H groups in total. The molecule has 30 heavy (non-hydrogen) atoms. The van der Waals surface area contributed by atoms with E-state index in [0.29, 0.717) is 17.9 Å². The van der Waals surface area contributed by atoms with Crippen molar-refractivity contribution in [3.05, 3.63) is 36.4 Å². The average Bonchev–Trinajstić information content (AvgIpc) is 3.20. The van der Waals surface area contributed by atoms with E-state index in [1.807, 2.05) is 24.4 Å². The predicted octanol–water partition coefficient (Wildman–Crippen LogP) is 2.78. The molecule has 0 amide bonds. The van der Waals surface area contributed by atoms with E-state index in [1.165, 1.54) is 0 Å². The van der Waals surface area contributed by atoms with E-state index in [-0.39, 0.29) is 31.0 Å². The Morgan fingerprint density at radius 3 is 2.90 bits per heavy atom. The molecule has 0 radical (unpaired) electrons. The minimum Gasteiger partial charge on any atom is -0.471 e. The second-order valence-corrected chi connectivity index (χ2v) is 6.87. The lowest BCUT2D eigenvalue weighted by atomic mass is 10.1. The summed E-state index contributed by atoms with van der Waals surface area (Å²) < 4.78 is 25.6. The maximum absolute atomic E-state index is 14.9. The third-order valence-electron chi connectivity index (χ3n) is 4.42. The lowest BCUT2D eigenvalue weighted by Gasteiger charge is -2.24. The number of fused-ring (bicyclic) bond motifs is 1. The number of hydrogen-bond donors (Lipinski definition) is 3. The Hall–Kier alpha value is -2.24. The summed E-state index contributed by atoms with van der Waals surface area (Å²) in [6.07, 6.45) is 5.11. The molecule has 3 aromatic rings. The number of anilines is 1. The Balaban J connectivity index is 0.000000806. The van der Waals surface area contributed by atoms with Crippen LogP contribution in [0.2, 0.25) is 0 Å². The number of aliphatic hydroxyl groups is 1. The van der Waals surface area contributed by atoms with Gasteiger partial charge in [-0.1, -0.05) is 6.07 Å². The average molecular weight is 459 g/mol. The number of halogens is 3. The Morgan fingerprint density at radius 1 is 1.33 bits per heavy atom. The highest BCUT2D eigenvalue weighted by Crippen LogP contribution is 2.29. The quantitative estimate of drug-likeness (QED) is 0.517. The third-order valence-corrected chi connectivity index (χ3v) is 4.42. The summed E-state index contributed by atoms with van der Waals surface area (Å²) in [6, 6.07) is 5.65. The van der Waals surface area contributed by atoms with Crippen LogP contribution >= 0.6 is 23.7 Å². The van der Waals surface area contributed by atoms with Gasteiger partial charge in [-0.25, -0.2) is 9.50 Å². The van der Waals surface area contributed by atoms with Gasteiger partial charge >= 0.3 is 0 Å². The number of aliphatic hydroxyl groups excluding tert-OH is 1. The second kappa shape index (κ2) is 11.2. The molecular formula is C18H21Cl2FN6O3. The monoisotopic (exact) mass is 458 g/mol. The van der Waals surface area contributed by atoms with Gasteiger partial charge in [-0.3, -0.25) is 0 Å². The van der Waals surface area contributed by atoms with Crippen molar-refractivity contribution in [1.82, 2.24) is 24.9 Å². The summed E-state index contributed by atoms with van der Waals surface area (Å²) in [5, 5.41) is 19.4. The van der Waals surface area contributed by atoms with Crippen LogP contribution in [-0.2, 0) is 3.84 Å². The predicted molar refractivity (Wildman–Crippen MR) is 111 cm³/mol. The Labute approximate surface area is 182 Å². The minimum absolute atomic E-state index is 0.00287. The molecule has 162 valence electrons. The van der Waals surface area contributed by atoms with Crippen LogP contribution in [0.4, 0.5) is 10.2 Å². The fraction of sp³-hybridized carbons (Fsp3) is 0.389. The Kier molecular flexibility index (Phi) is 8.40. The maximum atomic E-state index is 14.9. The van der Waals surface area contributed by atoms with Crippen LogP contribution in [-0.4, -0.2) is 57.0 Å². The van der Waals surface area contributed by atoms with Crippen LogP contribution in [0.5, 0.6) is 5.88 Å². The Morgan fingerprint density at radius 2 is 2.17 bits per heavy atom. The smallest absolute Gasteiger partial charge is 0.256 e. The van der Waals surface area contributed by atoms with Gasteiger partial charge in [-0.05, 0) is 31.5 Å². The minimum atomic E-state index is -0.658. The highest BCUT2D eigenvalue weighted by molar-refractivity contribution is 6.24. The molecule has 1 aliphatic rings. The van der Waals surface area contributed by atoms with Crippen molar-refractivity contribution >= 4 is 35.1 Å². The first kappa shape index (κ1) is 22.4. The largest absolute Gasteiger partial charge is 0.471 e. The molecule has 12 heteroatoms. The number of aromatic nitrogens is 4. The number of hydrogen-bond acceptors (Lipinski definition) is 8. The number of rotatable bonds is 6. The van der Waals surface area contributed by atoms with Gasteiger partial charge in [-0.2, -0.15) is 18.3 Å². The lowest BCUT2D eigenvalue weighted by Crippen LogP contribution is -2.37. The fourth-order valence-corrected chi connectivity index (χ4v) is 3.10. The first-order chi connectivity index (χ1) is 14.7. The normalized spacial score (nSPS) is 16.1. The molecule has 1 atom stereocenters. The molecule has 9 nitrogen and oxygen atoms in total. The van der Waals surface area contributed by atoms with Crippen LogP contribution in [0.3, 0.4) is 0 Å². The molecule has 1 aliphatic heterocycles. The molecular weight excluding hydrogens is 438 g/mol. The first-order valence-electron chi connectivity index (χ1n) is 9.29. The van der Waals surface area contributed by atoms with E-state index in [1.54, 1.807) is 10.7 Å². The molecule has 1 fully saturated rings. The molecule has 0 spiro atoms. The number of piperidine rings is 1. The van der Waals surface area contributed by atoms with E-state index >= 15 is 0 Å². The molecule has 4 heterocycles. The van der Waals surface area contributed by atoms with Crippen LogP contribution in [0.1, 0.15) is 12.8 Å². The molecule has 1 saturated heterocycles. The number of pyridine rings is 1. The van der Waals surface area contributed by atoms with E-state index in [0.717, 1.165) is 24.9 Å². The zero-order valence-corrected chi connectivity index (χ0v) is 17.4. The highest BCUT2D eigenvalue weighted by Gasteiger charge is 2.22. The maximum Gasteiger partial charge on any atom is 0.256 e. The summed E-state index contributed by atoms with van der Waals surface area (Å²) in [4.78, 5) is 8.63. The highest BCUT2D eigenvalue weighted by atomic mass is 35.6. The van der Waals surface area contributed by atoms with Crippen molar-refractivity contribution in [1.29, 1.82) is 0 Å². The van der Waals surface area contributed by atoms with Crippen molar-refractivity contribution in [3.63, 3.8) is 0 Å². The molecule has 0 saturated carbocycles. The van der Waals surface area contributed by atoms with Crippen molar-refractivity contribution in [2.24, 2.45) is 0 Å². The van der Waals surface area contributed by atoms with E-state index in [9.17, 15) is 4.39 Å². The molecule has 0 aromatic carbocycles. The van der Waals surface area contributed by atoms with Gasteiger partial charge in [0.2, 0.25) is 5.82 Å². The molecule has 0 bridgehead atoms. The SMILES string of the molecule is ClOCl.OCCNc1nc(-c2cnn3ccccc23)nc(O[C@@H]2CCCNC2)c1F. The standard InChI is InChI=1S/C18H21FN6O2.Cl2O/c19-15-17(21-7-9-26)23-16(13-11-22-25-8-2-1-5-14(13)25)24-18(15)27-12-4-3-6-20-10-12;1-3-2/h1-2,5,8,11-12,20,26H,3-4,6-7,9-10H2,(H,21,23,24);/t12-;/m1./s1. The zero-order valence-electron chi connectivity index (χ0n) is 15.9. The van der Waals surface area contributed by atoms with E-state index in [4.69, 9.17) is 9.84 Å². The topological polar surface area (TPSA) is 106 Å². The van der Waals surface area contributed by atoms with Gasteiger partial charge in [-0.15, -0.1) is 0 Å². The van der Waals surface area contributed by atoms with E-state index < -0.39 is 5.82 Å². The second-order valence-electron chi connectivity index (χ2n) is 6.40. The van der Waals surface area contributed by atoms with Gasteiger partial charge in [0.15, 0.2) is 11.6 Å². The summed E-state index contributed by atoms with van der Waals surface area (Å²) in [6.45, 7) is 1.61. The lowest BCUT2D eigenvalue weighted by molar-refractivity contribution is 0.153. The van der Waals surface area contributed by atoms with Gasteiger partial charge in [0.05, 0.1) is 47.6 Å². The van der Waals surface area contributed by atoms with Crippen molar-refractivity contribution in [2.45, 2.75) is 18.9 Å². The molecule has 0 aliphatic carbocycles. The van der Waals surface area contributed by atoms with Gasteiger partial charge < -0.3 is 20.5 Å². The van der Waals surface area contributed by atoms with Gasteiger partial charge in [0.1, 0.15) is 6.10 Å².